The van der Waals surface area contributed by atoms with Gasteiger partial charge in [-0.1, -0.05) is 12.1 Å². The molecular weight excluding hydrogens is 344 g/mol. The van der Waals surface area contributed by atoms with E-state index in [1.54, 1.807) is 11.3 Å². The average molecular weight is 366 g/mol. The van der Waals surface area contributed by atoms with Gasteiger partial charge in [0.05, 0.1) is 17.2 Å². The number of rotatable bonds is 4. The van der Waals surface area contributed by atoms with E-state index in [0.717, 1.165) is 35.0 Å². The van der Waals surface area contributed by atoms with Crippen LogP contribution in [-0.2, 0) is 11.3 Å². The molecule has 0 radical (unpaired) electrons. The molecule has 1 aromatic carbocycles. The van der Waals surface area contributed by atoms with Crippen molar-refractivity contribution in [3.63, 3.8) is 0 Å². The molecule has 3 heterocycles. The van der Waals surface area contributed by atoms with E-state index in [9.17, 15) is 4.79 Å². The summed E-state index contributed by atoms with van der Waals surface area (Å²) in [5.74, 6) is 0.0171. The fourth-order valence-corrected chi connectivity index (χ4v) is 4.10. The number of benzene rings is 1. The second-order valence-corrected chi connectivity index (χ2v) is 7.72. The van der Waals surface area contributed by atoms with Crippen LogP contribution in [0.2, 0.25) is 0 Å². The summed E-state index contributed by atoms with van der Waals surface area (Å²) < 4.78 is 2.26. The van der Waals surface area contributed by atoms with E-state index < -0.39 is 0 Å². The molecule has 26 heavy (non-hydrogen) atoms. The van der Waals surface area contributed by atoms with Crippen molar-refractivity contribution in [2.75, 3.05) is 18.4 Å². The Bertz CT molecular complexity index is 929. The van der Waals surface area contributed by atoms with Crippen molar-refractivity contribution in [1.29, 1.82) is 0 Å². The normalized spacial score (nSPS) is 17.1. The first-order valence-electron chi connectivity index (χ1n) is 8.81. The molecule has 4 rings (SSSR count). The third kappa shape index (κ3) is 3.43. The minimum absolute atomic E-state index is 0.0171. The second kappa shape index (κ2) is 7.05. The van der Waals surface area contributed by atoms with Crippen molar-refractivity contribution in [3.05, 3.63) is 58.7 Å². The van der Waals surface area contributed by atoms with Crippen molar-refractivity contribution < 1.29 is 4.79 Å². The standard InChI is InChI=1S/C20H22N4OS/c1-14-19-7-4-8-23(19)9-10-24(14)12-20(25)22-17-6-3-5-16(11-17)18-13-26-15(2)21-18/h3-8,11,13-14H,9-10,12H2,1-2H3,(H,22,25)/t14-/m0/s1. The molecule has 0 unspecified atom stereocenters. The fourth-order valence-electron chi connectivity index (χ4n) is 3.48. The Kier molecular flexibility index (Phi) is 4.61. The highest BCUT2D eigenvalue weighted by Gasteiger charge is 2.25. The number of aromatic nitrogens is 2. The molecule has 0 fully saturated rings. The minimum atomic E-state index is 0.0171. The Balaban J connectivity index is 1.42. The smallest absolute Gasteiger partial charge is 0.238 e. The zero-order valence-electron chi connectivity index (χ0n) is 15.0. The molecule has 5 nitrogen and oxygen atoms in total. The zero-order chi connectivity index (χ0) is 18.1. The van der Waals surface area contributed by atoms with E-state index in [1.807, 2.05) is 36.6 Å². The highest BCUT2D eigenvalue weighted by molar-refractivity contribution is 7.09. The lowest BCUT2D eigenvalue weighted by Gasteiger charge is -2.34. The highest BCUT2D eigenvalue weighted by Crippen LogP contribution is 2.26. The summed E-state index contributed by atoms with van der Waals surface area (Å²) in [5, 5.41) is 6.12. The third-order valence-electron chi connectivity index (χ3n) is 4.88. The predicted molar refractivity (Wildman–Crippen MR) is 105 cm³/mol. The monoisotopic (exact) mass is 366 g/mol. The summed E-state index contributed by atoms with van der Waals surface area (Å²) in [7, 11) is 0. The van der Waals surface area contributed by atoms with Crippen molar-refractivity contribution in [3.8, 4) is 11.3 Å². The van der Waals surface area contributed by atoms with Gasteiger partial charge in [-0.05, 0) is 38.1 Å². The molecule has 6 heteroatoms. The largest absolute Gasteiger partial charge is 0.349 e. The molecule has 1 atom stereocenters. The van der Waals surface area contributed by atoms with Gasteiger partial charge in [0, 0.05) is 47.7 Å². The molecule has 1 aliphatic rings. The van der Waals surface area contributed by atoms with E-state index in [-0.39, 0.29) is 11.9 Å². The molecule has 0 spiro atoms. The maximum absolute atomic E-state index is 12.6. The van der Waals surface area contributed by atoms with E-state index in [2.05, 4.69) is 45.0 Å². The second-order valence-electron chi connectivity index (χ2n) is 6.65. The van der Waals surface area contributed by atoms with Crippen LogP contribution in [0.15, 0.2) is 48.0 Å². The predicted octanol–water partition coefficient (Wildman–Crippen LogP) is 3.94. The first kappa shape index (κ1) is 17.0. The third-order valence-corrected chi connectivity index (χ3v) is 5.65. The van der Waals surface area contributed by atoms with Crippen LogP contribution in [0, 0.1) is 6.92 Å². The van der Waals surface area contributed by atoms with Gasteiger partial charge in [0.15, 0.2) is 0 Å². The van der Waals surface area contributed by atoms with Crippen molar-refractivity contribution in [2.45, 2.75) is 26.4 Å². The molecule has 0 bridgehead atoms. The van der Waals surface area contributed by atoms with Crippen LogP contribution < -0.4 is 5.32 Å². The number of fused-ring (bicyclic) bond motifs is 1. The first-order valence-corrected chi connectivity index (χ1v) is 9.69. The number of carbonyl (C=O) groups excluding carboxylic acids is 1. The zero-order valence-corrected chi connectivity index (χ0v) is 15.8. The summed E-state index contributed by atoms with van der Waals surface area (Å²) >= 11 is 1.63. The number of carbonyl (C=O) groups is 1. The average Bonchev–Trinajstić information content (AvgIpc) is 3.27. The molecular formula is C20H22N4OS. The summed E-state index contributed by atoms with van der Waals surface area (Å²) in [5.41, 5.74) is 4.06. The summed E-state index contributed by atoms with van der Waals surface area (Å²) in [6.45, 7) is 6.36. The maximum Gasteiger partial charge on any atom is 0.238 e. The van der Waals surface area contributed by atoms with E-state index in [4.69, 9.17) is 0 Å². The topological polar surface area (TPSA) is 50.2 Å². The van der Waals surface area contributed by atoms with E-state index in [0.29, 0.717) is 6.54 Å². The van der Waals surface area contributed by atoms with Gasteiger partial charge in [-0.3, -0.25) is 9.69 Å². The molecule has 1 amide bonds. The van der Waals surface area contributed by atoms with Crippen LogP contribution in [-0.4, -0.2) is 33.4 Å². The van der Waals surface area contributed by atoms with E-state index >= 15 is 0 Å². The number of hydrogen-bond acceptors (Lipinski definition) is 4. The molecule has 2 aromatic heterocycles. The lowest BCUT2D eigenvalue weighted by atomic mass is 10.1. The molecule has 1 aliphatic heterocycles. The lowest BCUT2D eigenvalue weighted by molar-refractivity contribution is -0.118. The number of amides is 1. The summed E-state index contributed by atoms with van der Waals surface area (Å²) in [6.07, 6.45) is 2.11. The molecule has 0 saturated heterocycles. The van der Waals surface area contributed by atoms with Gasteiger partial charge in [0.1, 0.15) is 0 Å². The van der Waals surface area contributed by atoms with Gasteiger partial charge in [0.2, 0.25) is 5.91 Å². The van der Waals surface area contributed by atoms with Gasteiger partial charge in [-0.15, -0.1) is 11.3 Å². The number of thiazole rings is 1. The van der Waals surface area contributed by atoms with Crippen LogP contribution >= 0.6 is 11.3 Å². The van der Waals surface area contributed by atoms with Crippen molar-refractivity contribution in [2.24, 2.45) is 0 Å². The first-order chi connectivity index (χ1) is 12.6. The highest BCUT2D eigenvalue weighted by atomic mass is 32.1. The van der Waals surface area contributed by atoms with Gasteiger partial charge in [0.25, 0.3) is 0 Å². The molecule has 0 saturated carbocycles. The number of nitrogens with one attached hydrogen (secondary N) is 1. The quantitative estimate of drug-likeness (QED) is 0.761. The van der Waals surface area contributed by atoms with Gasteiger partial charge < -0.3 is 9.88 Å². The number of anilines is 1. The Morgan fingerprint density at radius 3 is 3.00 bits per heavy atom. The summed E-state index contributed by atoms with van der Waals surface area (Å²) in [6, 6.07) is 12.3. The number of nitrogens with zero attached hydrogens (tertiary/aromatic N) is 3. The maximum atomic E-state index is 12.6. The number of hydrogen-bond donors (Lipinski definition) is 1. The number of aryl methyl sites for hydroxylation is 1. The van der Waals surface area contributed by atoms with Crippen LogP contribution in [0.4, 0.5) is 5.69 Å². The van der Waals surface area contributed by atoms with Crippen LogP contribution in [0.1, 0.15) is 23.7 Å². The van der Waals surface area contributed by atoms with Crippen LogP contribution in [0.25, 0.3) is 11.3 Å². The lowest BCUT2D eigenvalue weighted by Crippen LogP contribution is -2.41. The van der Waals surface area contributed by atoms with Crippen LogP contribution in [0.5, 0.6) is 0 Å². The Morgan fingerprint density at radius 1 is 1.31 bits per heavy atom. The SMILES string of the molecule is Cc1nc(-c2cccc(NC(=O)CN3CCn4cccc4[C@@H]3C)c2)cs1. The minimum Gasteiger partial charge on any atom is -0.349 e. The Hall–Kier alpha value is -2.44. The molecule has 0 aliphatic carbocycles. The van der Waals surface area contributed by atoms with Crippen molar-refractivity contribution in [1.82, 2.24) is 14.5 Å². The van der Waals surface area contributed by atoms with Gasteiger partial charge >= 0.3 is 0 Å². The Morgan fingerprint density at radius 2 is 2.19 bits per heavy atom. The molecule has 1 N–H and O–H groups in total. The van der Waals surface area contributed by atoms with E-state index in [1.165, 1.54) is 5.69 Å². The van der Waals surface area contributed by atoms with Gasteiger partial charge in [-0.2, -0.15) is 0 Å². The fraction of sp³-hybridized carbons (Fsp3) is 0.300. The molecule has 3 aromatic rings. The van der Waals surface area contributed by atoms with Gasteiger partial charge in [-0.25, -0.2) is 4.98 Å². The molecule has 134 valence electrons. The summed E-state index contributed by atoms with van der Waals surface area (Å²) in [4.78, 5) is 19.3. The van der Waals surface area contributed by atoms with Crippen LogP contribution in [0.3, 0.4) is 0 Å². The van der Waals surface area contributed by atoms with Crippen molar-refractivity contribution >= 4 is 22.9 Å². The Labute approximate surface area is 157 Å².